The molecule has 17 heavy (non-hydrogen) atoms. The molecule has 1 saturated carbocycles. The van der Waals surface area contributed by atoms with Crippen LogP contribution in [0.15, 0.2) is 22.8 Å². The van der Waals surface area contributed by atoms with E-state index in [4.69, 9.17) is 4.42 Å². The maximum Gasteiger partial charge on any atom is 0.104 e. The van der Waals surface area contributed by atoms with Gasteiger partial charge in [-0.15, -0.1) is 0 Å². The first-order valence-electron chi connectivity index (χ1n) is 6.67. The van der Waals surface area contributed by atoms with Crippen LogP contribution in [0.3, 0.4) is 0 Å². The summed E-state index contributed by atoms with van der Waals surface area (Å²) >= 11 is 0. The van der Waals surface area contributed by atoms with Crippen molar-refractivity contribution in [2.45, 2.75) is 52.6 Å². The molecule has 0 radical (unpaired) electrons. The molecule has 2 rings (SSSR count). The summed E-state index contributed by atoms with van der Waals surface area (Å²) in [4.78, 5) is 0. The lowest BCUT2D eigenvalue weighted by Crippen LogP contribution is -2.35. The van der Waals surface area contributed by atoms with Gasteiger partial charge in [-0.2, -0.15) is 0 Å². The summed E-state index contributed by atoms with van der Waals surface area (Å²) in [5, 5.41) is 10.1. The van der Waals surface area contributed by atoms with Crippen molar-refractivity contribution in [3.8, 4) is 0 Å². The fraction of sp³-hybridized carbons (Fsp3) is 0.733. The number of hydrogen-bond donors (Lipinski definition) is 1. The third-order valence-corrected chi connectivity index (χ3v) is 4.21. The maximum atomic E-state index is 10.1. The molecule has 1 N–H and O–H groups in total. The SMILES string of the molecule is CC(C)(C)C1CCC(O)C(Cc2ccco2)C1. The van der Waals surface area contributed by atoms with Crippen LogP contribution in [0, 0.1) is 17.3 Å². The zero-order valence-electron chi connectivity index (χ0n) is 11.1. The molecule has 1 heterocycles. The Kier molecular flexibility index (Phi) is 3.62. The van der Waals surface area contributed by atoms with Gasteiger partial charge in [-0.3, -0.25) is 0 Å². The van der Waals surface area contributed by atoms with E-state index in [0.29, 0.717) is 17.3 Å². The van der Waals surface area contributed by atoms with Crippen LogP contribution in [-0.2, 0) is 6.42 Å². The average molecular weight is 236 g/mol. The van der Waals surface area contributed by atoms with Crippen molar-refractivity contribution >= 4 is 0 Å². The summed E-state index contributed by atoms with van der Waals surface area (Å²) in [5.74, 6) is 2.08. The fourth-order valence-corrected chi connectivity index (χ4v) is 2.94. The van der Waals surface area contributed by atoms with E-state index in [0.717, 1.165) is 31.4 Å². The minimum Gasteiger partial charge on any atom is -0.469 e. The van der Waals surface area contributed by atoms with Gasteiger partial charge in [-0.1, -0.05) is 20.8 Å². The van der Waals surface area contributed by atoms with Crippen LogP contribution in [0.1, 0.15) is 45.8 Å². The standard InChI is InChI=1S/C15H24O2/c1-15(2,3)12-6-7-14(16)11(9-12)10-13-5-4-8-17-13/h4-5,8,11-12,14,16H,6-7,9-10H2,1-3H3. The summed E-state index contributed by atoms with van der Waals surface area (Å²) in [6, 6.07) is 3.93. The summed E-state index contributed by atoms with van der Waals surface area (Å²) in [7, 11) is 0. The molecule has 2 nitrogen and oxygen atoms in total. The number of furan rings is 1. The summed E-state index contributed by atoms with van der Waals surface area (Å²) in [6.45, 7) is 6.91. The topological polar surface area (TPSA) is 33.4 Å². The van der Waals surface area contributed by atoms with Crippen molar-refractivity contribution in [1.82, 2.24) is 0 Å². The zero-order chi connectivity index (χ0) is 12.5. The van der Waals surface area contributed by atoms with E-state index in [-0.39, 0.29) is 6.10 Å². The smallest absolute Gasteiger partial charge is 0.104 e. The molecular formula is C15H24O2. The molecule has 0 aromatic carbocycles. The normalized spacial score (nSPS) is 30.5. The average Bonchev–Trinajstić information content (AvgIpc) is 2.72. The molecule has 0 bridgehead atoms. The Morgan fingerprint density at radius 2 is 2.12 bits per heavy atom. The lowest BCUT2D eigenvalue weighted by atomic mass is 9.67. The summed E-state index contributed by atoms with van der Waals surface area (Å²) in [5.41, 5.74) is 0.349. The number of aliphatic hydroxyl groups excluding tert-OH is 1. The van der Waals surface area contributed by atoms with Gasteiger partial charge < -0.3 is 9.52 Å². The lowest BCUT2D eigenvalue weighted by Gasteiger charge is -2.40. The monoisotopic (exact) mass is 236 g/mol. The molecule has 96 valence electrons. The fourth-order valence-electron chi connectivity index (χ4n) is 2.94. The Morgan fingerprint density at radius 1 is 1.35 bits per heavy atom. The molecule has 0 aliphatic heterocycles. The molecule has 2 heteroatoms. The molecular weight excluding hydrogens is 212 g/mol. The number of hydrogen-bond acceptors (Lipinski definition) is 2. The van der Waals surface area contributed by atoms with Crippen LogP contribution >= 0.6 is 0 Å². The molecule has 1 fully saturated rings. The molecule has 1 aromatic heterocycles. The first-order chi connectivity index (χ1) is 7.97. The highest BCUT2D eigenvalue weighted by molar-refractivity contribution is 5.01. The minimum absolute atomic E-state index is 0.154. The Hall–Kier alpha value is -0.760. The largest absolute Gasteiger partial charge is 0.469 e. The molecule has 3 atom stereocenters. The predicted octanol–water partition coefficient (Wildman–Crippen LogP) is 3.65. The van der Waals surface area contributed by atoms with E-state index >= 15 is 0 Å². The van der Waals surface area contributed by atoms with E-state index in [1.807, 2.05) is 12.1 Å². The van der Waals surface area contributed by atoms with Crippen LogP contribution < -0.4 is 0 Å². The second-order valence-electron chi connectivity index (χ2n) is 6.49. The van der Waals surface area contributed by atoms with Gasteiger partial charge in [0.25, 0.3) is 0 Å². The quantitative estimate of drug-likeness (QED) is 0.850. The molecule has 3 unspecified atom stereocenters. The van der Waals surface area contributed by atoms with Gasteiger partial charge in [0.15, 0.2) is 0 Å². The Balaban J connectivity index is 2.00. The van der Waals surface area contributed by atoms with Gasteiger partial charge in [-0.05, 0) is 48.6 Å². The van der Waals surface area contributed by atoms with Gasteiger partial charge in [0.1, 0.15) is 5.76 Å². The van der Waals surface area contributed by atoms with Gasteiger partial charge in [0, 0.05) is 6.42 Å². The summed E-state index contributed by atoms with van der Waals surface area (Å²) < 4.78 is 5.39. The van der Waals surface area contributed by atoms with Crippen LogP contribution in [0.5, 0.6) is 0 Å². The molecule has 0 saturated heterocycles. The maximum absolute atomic E-state index is 10.1. The molecule has 1 aliphatic rings. The van der Waals surface area contributed by atoms with Crippen molar-refractivity contribution in [2.75, 3.05) is 0 Å². The zero-order valence-corrected chi connectivity index (χ0v) is 11.1. The Morgan fingerprint density at radius 3 is 2.71 bits per heavy atom. The predicted molar refractivity (Wildman–Crippen MR) is 68.7 cm³/mol. The third-order valence-electron chi connectivity index (χ3n) is 4.21. The van der Waals surface area contributed by atoms with Crippen molar-refractivity contribution in [2.24, 2.45) is 17.3 Å². The van der Waals surface area contributed by atoms with Crippen LogP contribution in [0.25, 0.3) is 0 Å². The van der Waals surface area contributed by atoms with E-state index in [1.54, 1.807) is 6.26 Å². The number of rotatable bonds is 2. The van der Waals surface area contributed by atoms with E-state index < -0.39 is 0 Å². The van der Waals surface area contributed by atoms with Crippen molar-refractivity contribution in [3.63, 3.8) is 0 Å². The lowest BCUT2D eigenvalue weighted by molar-refractivity contribution is 0.0176. The highest BCUT2D eigenvalue weighted by atomic mass is 16.3. The molecule has 0 spiro atoms. The van der Waals surface area contributed by atoms with Gasteiger partial charge in [-0.25, -0.2) is 0 Å². The minimum atomic E-state index is -0.154. The van der Waals surface area contributed by atoms with Crippen LogP contribution in [0.4, 0.5) is 0 Å². The second-order valence-corrected chi connectivity index (χ2v) is 6.49. The second kappa shape index (κ2) is 4.85. The first-order valence-corrected chi connectivity index (χ1v) is 6.67. The van der Waals surface area contributed by atoms with Crippen molar-refractivity contribution < 1.29 is 9.52 Å². The highest BCUT2D eigenvalue weighted by Crippen LogP contribution is 2.41. The van der Waals surface area contributed by atoms with Crippen molar-refractivity contribution in [3.05, 3.63) is 24.2 Å². The molecule has 1 aliphatic carbocycles. The highest BCUT2D eigenvalue weighted by Gasteiger charge is 2.35. The Labute approximate surface area is 104 Å². The van der Waals surface area contributed by atoms with Crippen molar-refractivity contribution in [1.29, 1.82) is 0 Å². The summed E-state index contributed by atoms with van der Waals surface area (Å²) in [6.07, 6.45) is 5.64. The van der Waals surface area contributed by atoms with Gasteiger partial charge >= 0.3 is 0 Å². The first kappa shape index (κ1) is 12.7. The van der Waals surface area contributed by atoms with Gasteiger partial charge in [0.05, 0.1) is 12.4 Å². The van der Waals surface area contributed by atoms with Crippen LogP contribution in [-0.4, -0.2) is 11.2 Å². The van der Waals surface area contributed by atoms with E-state index in [1.165, 1.54) is 0 Å². The van der Waals surface area contributed by atoms with E-state index in [9.17, 15) is 5.11 Å². The van der Waals surface area contributed by atoms with Gasteiger partial charge in [0.2, 0.25) is 0 Å². The number of aliphatic hydroxyl groups is 1. The molecule has 0 amide bonds. The molecule has 1 aromatic rings. The van der Waals surface area contributed by atoms with Crippen LogP contribution in [0.2, 0.25) is 0 Å². The Bertz CT molecular complexity index is 334. The van der Waals surface area contributed by atoms with E-state index in [2.05, 4.69) is 20.8 Å². The third kappa shape index (κ3) is 3.12.